The van der Waals surface area contributed by atoms with Crippen LogP contribution in [0, 0.1) is 6.92 Å². The summed E-state index contributed by atoms with van der Waals surface area (Å²) in [6.07, 6.45) is 0.594. The number of benzene rings is 1. The summed E-state index contributed by atoms with van der Waals surface area (Å²) in [6, 6.07) is 6.22. The normalized spacial score (nSPS) is 11.7. The third-order valence-electron chi connectivity index (χ3n) is 1.45. The lowest BCUT2D eigenvalue weighted by Gasteiger charge is -2.05. The molecule has 4 heteroatoms. The molecule has 71 valence electrons. The summed E-state index contributed by atoms with van der Waals surface area (Å²) in [5.41, 5.74) is -3.27. The fraction of sp³-hybridized carbons (Fsp3) is 0.222. The Hall–Kier alpha value is -0.640. The van der Waals surface area contributed by atoms with Crippen LogP contribution in [0.15, 0.2) is 29.2 Å². The Morgan fingerprint density at radius 3 is 2.08 bits per heavy atom. The van der Waals surface area contributed by atoms with Crippen LogP contribution in [-0.4, -0.2) is 5.51 Å². The van der Waals surface area contributed by atoms with E-state index in [1.165, 1.54) is 12.1 Å². The van der Waals surface area contributed by atoms with Gasteiger partial charge in [-0.1, -0.05) is 12.1 Å². The van der Waals surface area contributed by atoms with Crippen LogP contribution in [0.2, 0.25) is 0 Å². The largest absolute Gasteiger partial charge is 0.446 e. The van der Waals surface area contributed by atoms with Crippen LogP contribution in [-0.2, 0) is 6.42 Å². The molecule has 0 fully saturated rings. The van der Waals surface area contributed by atoms with Crippen molar-refractivity contribution in [3.8, 4) is 0 Å². The Labute approximate surface area is 79.1 Å². The van der Waals surface area contributed by atoms with Gasteiger partial charge in [0.25, 0.3) is 0 Å². The lowest BCUT2D eigenvalue weighted by atomic mass is 10.2. The molecule has 1 aromatic rings. The summed E-state index contributed by atoms with van der Waals surface area (Å²) in [7, 11) is 0. The Bertz CT molecular complexity index is 263. The van der Waals surface area contributed by atoms with E-state index in [-0.39, 0.29) is 16.7 Å². The van der Waals surface area contributed by atoms with Crippen molar-refractivity contribution in [1.82, 2.24) is 0 Å². The van der Waals surface area contributed by atoms with Crippen LogP contribution in [0.4, 0.5) is 13.2 Å². The molecule has 0 spiro atoms. The third kappa shape index (κ3) is 3.72. The lowest BCUT2D eigenvalue weighted by Crippen LogP contribution is -1.98. The average Bonchev–Trinajstić information content (AvgIpc) is 2.03. The van der Waals surface area contributed by atoms with Crippen LogP contribution in [0.5, 0.6) is 0 Å². The van der Waals surface area contributed by atoms with Crippen molar-refractivity contribution < 1.29 is 13.2 Å². The maximum atomic E-state index is 11.9. The molecule has 1 radical (unpaired) electrons. The van der Waals surface area contributed by atoms with Crippen molar-refractivity contribution >= 4 is 11.8 Å². The van der Waals surface area contributed by atoms with Gasteiger partial charge in [0.2, 0.25) is 0 Å². The van der Waals surface area contributed by atoms with Crippen LogP contribution in [0.3, 0.4) is 0 Å². The van der Waals surface area contributed by atoms with Crippen LogP contribution < -0.4 is 0 Å². The quantitative estimate of drug-likeness (QED) is 0.664. The van der Waals surface area contributed by atoms with Gasteiger partial charge < -0.3 is 0 Å². The first kappa shape index (κ1) is 10.4. The van der Waals surface area contributed by atoms with Gasteiger partial charge in [-0.2, -0.15) is 13.2 Å². The summed E-state index contributed by atoms with van der Waals surface area (Å²) in [5, 5.41) is 0. The summed E-state index contributed by atoms with van der Waals surface area (Å²) >= 11 is -0.100. The van der Waals surface area contributed by atoms with Crippen molar-refractivity contribution in [3.63, 3.8) is 0 Å². The van der Waals surface area contributed by atoms with Crippen molar-refractivity contribution in [2.45, 2.75) is 16.8 Å². The zero-order valence-corrected chi connectivity index (χ0v) is 7.58. The minimum Gasteiger partial charge on any atom is -0.160 e. The molecule has 0 aliphatic carbocycles. The summed E-state index contributed by atoms with van der Waals surface area (Å²) in [5.74, 6) is 0. The standard InChI is InChI=1S/C9H8F3S/c1-2-7-3-5-8(6-4-7)13-9(10,11)12/h3-6H,1-2H2. The second-order valence-corrected chi connectivity index (χ2v) is 3.58. The molecule has 0 amide bonds. The fourth-order valence-electron chi connectivity index (χ4n) is 0.858. The number of rotatable bonds is 2. The molecule has 0 heterocycles. The first-order valence-corrected chi connectivity index (χ1v) is 4.47. The molecule has 1 aromatic carbocycles. The second-order valence-electron chi connectivity index (χ2n) is 2.44. The molecule has 13 heavy (non-hydrogen) atoms. The van der Waals surface area contributed by atoms with E-state index in [2.05, 4.69) is 6.92 Å². The number of thioether (sulfide) groups is 1. The number of hydrogen-bond acceptors (Lipinski definition) is 1. The molecule has 0 nitrogen and oxygen atoms in total. The Balaban J connectivity index is 2.70. The molecule has 0 atom stereocenters. The van der Waals surface area contributed by atoms with E-state index in [0.717, 1.165) is 5.56 Å². The molecule has 0 N–H and O–H groups in total. The van der Waals surface area contributed by atoms with Gasteiger partial charge in [-0.3, -0.25) is 0 Å². The molecule has 0 aliphatic rings. The lowest BCUT2D eigenvalue weighted by molar-refractivity contribution is -0.0328. The fourth-order valence-corrected chi connectivity index (χ4v) is 1.40. The van der Waals surface area contributed by atoms with Crippen molar-refractivity contribution in [2.24, 2.45) is 0 Å². The Morgan fingerprint density at radius 1 is 1.15 bits per heavy atom. The summed E-state index contributed by atoms with van der Waals surface area (Å²) in [6.45, 7) is 3.63. The third-order valence-corrected chi connectivity index (χ3v) is 2.18. The van der Waals surface area contributed by atoms with Crippen molar-refractivity contribution in [3.05, 3.63) is 36.8 Å². The zero-order valence-electron chi connectivity index (χ0n) is 6.77. The topological polar surface area (TPSA) is 0 Å². The van der Waals surface area contributed by atoms with E-state index in [1.54, 1.807) is 12.1 Å². The van der Waals surface area contributed by atoms with Crippen LogP contribution in [0.25, 0.3) is 0 Å². The van der Waals surface area contributed by atoms with Gasteiger partial charge in [-0.15, -0.1) is 0 Å². The van der Waals surface area contributed by atoms with Crippen LogP contribution in [0.1, 0.15) is 5.56 Å². The predicted octanol–water partition coefficient (Wildman–Crippen LogP) is 3.68. The Morgan fingerprint density at radius 2 is 1.69 bits per heavy atom. The highest BCUT2D eigenvalue weighted by atomic mass is 32.2. The molecule has 0 aromatic heterocycles. The smallest absolute Gasteiger partial charge is 0.160 e. The highest BCUT2D eigenvalue weighted by molar-refractivity contribution is 8.00. The summed E-state index contributed by atoms with van der Waals surface area (Å²) < 4.78 is 35.6. The van der Waals surface area contributed by atoms with Gasteiger partial charge in [0.1, 0.15) is 0 Å². The van der Waals surface area contributed by atoms with Gasteiger partial charge in [-0.25, -0.2) is 0 Å². The molecule has 0 bridgehead atoms. The highest BCUT2D eigenvalue weighted by Crippen LogP contribution is 2.36. The molecule has 1 rings (SSSR count). The molecule has 0 saturated carbocycles. The van der Waals surface area contributed by atoms with Gasteiger partial charge in [0.05, 0.1) is 0 Å². The van der Waals surface area contributed by atoms with E-state index < -0.39 is 5.51 Å². The molecule has 0 unspecified atom stereocenters. The van der Waals surface area contributed by atoms with E-state index in [9.17, 15) is 13.2 Å². The summed E-state index contributed by atoms with van der Waals surface area (Å²) in [4.78, 5) is 0.213. The molecule has 0 saturated heterocycles. The highest BCUT2D eigenvalue weighted by Gasteiger charge is 2.28. The van der Waals surface area contributed by atoms with Gasteiger partial charge in [0.15, 0.2) is 0 Å². The van der Waals surface area contributed by atoms with E-state index in [1.807, 2.05) is 0 Å². The van der Waals surface area contributed by atoms with Gasteiger partial charge in [0, 0.05) is 4.90 Å². The molecular formula is C9H8F3S. The average molecular weight is 205 g/mol. The monoisotopic (exact) mass is 205 g/mol. The minimum atomic E-state index is -4.20. The Kier molecular flexibility index (Phi) is 3.25. The first-order valence-electron chi connectivity index (χ1n) is 3.65. The zero-order chi connectivity index (χ0) is 9.90. The number of halogens is 3. The minimum absolute atomic E-state index is 0.100. The SMILES string of the molecule is [CH2]Cc1ccc(SC(F)(F)F)cc1. The van der Waals surface area contributed by atoms with Crippen LogP contribution >= 0.6 is 11.8 Å². The van der Waals surface area contributed by atoms with Gasteiger partial charge >= 0.3 is 5.51 Å². The number of alkyl halides is 3. The second kappa shape index (κ2) is 4.05. The van der Waals surface area contributed by atoms with Gasteiger partial charge in [-0.05, 0) is 42.8 Å². The molecular weight excluding hydrogens is 197 g/mol. The van der Waals surface area contributed by atoms with E-state index in [0.29, 0.717) is 6.42 Å². The maximum Gasteiger partial charge on any atom is 0.446 e. The first-order chi connectivity index (χ1) is 6.01. The number of hydrogen-bond donors (Lipinski definition) is 0. The van der Waals surface area contributed by atoms with Crippen molar-refractivity contribution in [2.75, 3.05) is 0 Å². The van der Waals surface area contributed by atoms with E-state index in [4.69, 9.17) is 0 Å². The maximum absolute atomic E-state index is 11.9. The van der Waals surface area contributed by atoms with Crippen molar-refractivity contribution in [1.29, 1.82) is 0 Å². The predicted molar refractivity (Wildman–Crippen MR) is 47.4 cm³/mol. The van der Waals surface area contributed by atoms with E-state index >= 15 is 0 Å². The molecule has 0 aliphatic heterocycles.